The maximum absolute atomic E-state index is 4.39. The Hall–Kier alpha value is -3.52. The third-order valence-electron chi connectivity index (χ3n) is 5.91. The van der Waals surface area contributed by atoms with Gasteiger partial charge in [-0.05, 0) is 78.0 Å². The van der Waals surface area contributed by atoms with Gasteiger partial charge in [-0.2, -0.15) is 0 Å². The predicted octanol–water partition coefficient (Wildman–Crippen LogP) is -1.83. The van der Waals surface area contributed by atoms with Crippen molar-refractivity contribution in [3.8, 4) is 0 Å². The molecule has 2 aromatic heterocycles. The summed E-state index contributed by atoms with van der Waals surface area (Å²) in [5.74, 6) is 1.37. The van der Waals surface area contributed by atoms with Gasteiger partial charge in [0.25, 0.3) is 0 Å². The Morgan fingerprint density at radius 2 is 1.10 bits per heavy atom. The molecule has 0 fully saturated rings. The monoisotopic (exact) mass is 660 g/mol. The van der Waals surface area contributed by atoms with Gasteiger partial charge in [-0.1, -0.05) is 10.2 Å². The van der Waals surface area contributed by atoms with Gasteiger partial charge in [0.05, 0.1) is 28.2 Å². The molecule has 0 atom stereocenters. The minimum atomic E-state index is 0. The highest BCUT2D eigenvalue weighted by atomic mass is 79.9. The Kier molecular flexibility index (Phi) is 11.9. The summed E-state index contributed by atoms with van der Waals surface area (Å²) in [4.78, 5) is 0. The third kappa shape index (κ3) is 8.23. The van der Waals surface area contributed by atoms with Crippen molar-refractivity contribution in [1.29, 1.82) is 0 Å². The van der Waals surface area contributed by atoms with Gasteiger partial charge < -0.3 is 44.6 Å². The number of benzene rings is 2. The highest BCUT2D eigenvalue weighted by molar-refractivity contribution is 5.57. The van der Waals surface area contributed by atoms with Crippen molar-refractivity contribution in [2.24, 2.45) is 48.6 Å². The highest BCUT2D eigenvalue weighted by Gasteiger charge is 2.13. The molecule has 0 saturated carbocycles. The van der Waals surface area contributed by atoms with E-state index in [1.54, 1.807) is 22.0 Å². The number of nitrogens with one attached hydrogen (secondary N) is 2. The van der Waals surface area contributed by atoms with E-state index in [4.69, 9.17) is 0 Å². The summed E-state index contributed by atoms with van der Waals surface area (Å²) in [7, 11) is 7.47. The summed E-state index contributed by atoms with van der Waals surface area (Å²) >= 11 is 0. The molecule has 0 aliphatic carbocycles. The molecule has 4 rings (SSSR count). The van der Waals surface area contributed by atoms with Gasteiger partial charge in [-0.3, -0.25) is 0 Å². The van der Waals surface area contributed by atoms with Gasteiger partial charge in [0.2, 0.25) is 12.7 Å². The standard InChI is InChI=1S/C25H32N12.2BrH/c1-18-14-20(8-10-22(18)30-32-24-34(3)16-28-36(24)5)26-12-7-13-27-21-9-11-23(19(2)15-21)31-33-25-35(4)17-29-37(25)6;;/h8-11,14-17H,7,12-13H2,1-6H3;2*1H. The number of halogens is 2. The Morgan fingerprint density at radius 3 is 1.44 bits per heavy atom. The fourth-order valence-electron chi connectivity index (χ4n) is 3.75. The van der Waals surface area contributed by atoms with Crippen molar-refractivity contribution in [3.05, 3.63) is 60.2 Å². The number of hydrogen-bond acceptors (Lipinski definition) is 8. The number of aromatic nitrogens is 6. The first-order valence-electron chi connectivity index (χ1n) is 12.1. The molecule has 208 valence electrons. The van der Waals surface area contributed by atoms with Gasteiger partial charge in [0, 0.05) is 34.7 Å². The summed E-state index contributed by atoms with van der Waals surface area (Å²) in [6.45, 7) is 5.77. The summed E-state index contributed by atoms with van der Waals surface area (Å²) in [6.07, 6.45) is 4.38. The number of azo groups is 2. The lowest BCUT2D eigenvalue weighted by Crippen LogP contribution is -3.00. The van der Waals surface area contributed by atoms with Gasteiger partial charge in [0.15, 0.2) is 0 Å². The molecule has 0 aliphatic rings. The molecule has 2 N–H and O–H groups in total. The van der Waals surface area contributed by atoms with Crippen molar-refractivity contribution >= 4 is 34.6 Å². The SMILES string of the molecule is Cc1cc(NCCCNc2ccc(/N=N/c3n(C)nc[n+]3C)c(C)c2)ccc1/N=N/c1n(C)nc[n+]1C.[Br-].[Br-]. The number of nitrogens with zero attached hydrogens (tertiary/aromatic N) is 10. The van der Waals surface area contributed by atoms with Crippen LogP contribution in [0.3, 0.4) is 0 Å². The smallest absolute Gasteiger partial charge is 0.403 e. The number of hydrogen-bond donors (Lipinski definition) is 2. The average molecular weight is 662 g/mol. The van der Waals surface area contributed by atoms with E-state index in [9.17, 15) is 0 Å². The van der Waals surface area contributed by atoms with Gasteiger partial charge >= 0.3 is 11.9 Å². The summed E-state index contributed by atoms with van der Waals surface area (Å²) < 4.78 is 7.03. The van der Waals surface area contributed by atoms with E-state index in [2.05, 4.69) is 53.4 Å². The van der Waals surface area contributed by atoms with Crippen LogP contribution >= 0.6 is 0 Å². The Morgan fingerprint density at radius 1 is 0.692 bits per heavy atom. The average Bonchev–Trinajstić information content (AvgIpc) is 3.37. The van der Waals surface area contributed by atoms with Gasteiger partial charge in [-0.25, -0.2) is 9.13 Å². The van der Waals surface area contributed by atoms with Gasteiger partial charge in [-0.15, -0.1) is 9.36 Å². The van der Waals surface area contributed by atoms with E-state index < -0.39 is 0 Å². The lowest BCUT2D eigenvalue weighted by molar-refractivity contribution is -0.659. The topological polar surface area (TPSA) is 117 Å². The zero-order valence-electron chi connectivity index (χ0n) is 23.0. The van der Waals surface area contributed by atoms with Crippen molar-refractivity contribution in [2.45, 2.75) is 20.3 Å². The van der Waals surface area contributed by atoms with Crippen LogP contribution in [0.1, 0.15) is 17.5 Å². The van der Waals surface area contributed by atoms with Crippen LogP contribution in [0.5, 0.6) is 0 Å². The van der Waals surface area contributed by atoms with E-state index in [1.165, 1.54) is 0 Å². The maximum Gasteiger partial charge on any atom is 0.403 e. The second kappa shape index (κ2) is 14.6. The molecule has 0 radical (unpaired) electrons. The first-order chi connectivity index (χ1) is 17.8. The fourth-order valence-corrected chi connectivity index (χ4v) is 3.75. The third-order valence-corrected chi connectivity index (χ3v) is 5.91. The molecule has 0 bridgehead atoms. The molecular formula is C25H34Br2N12. The quantitative estimate of drug-likeness (QED) is 0.118. The molecule has 2 heterocycles. The Labute approximate surface area is 249 Å². The Balaban J connectivity index is 0.00000267. The maximum atomic E-state index is 4.39. The zero-order chi connectivity index (χ0) is 26.4. The molecule has 0 unspecified atom stereocenters. The molecular weight excluding hydrogens is 628 g/mol. The lowest BCUT2D eigenvalue weighted by Gasteiger charge is -2.10. The largest absolute Gasteiger partial charge is 1.00 e. The molecule has 4 aromatic rings. The molecule has 0 amide bonds. The molecule has 12 nitrogen and oxygen atoms in total. The lowest BCUT2D eigenvalue weighted by atomic mass is 10.2. The van der Waals surface area contributed by atoms with E-state index in [0.29, 0.717) is 11.9 Å². The number of anilines is 2. The first-order valence-corrected chi connectivity index (χ1v) is 12.1. The Bertz CT molecular complexity index is 1290. The van der Waals surface area contributed by atoms with Crippen LogP contribution in [0.4, 0.5) is 34.6 Å². The summed E-state index contributed by atoms with van der Waals surface area (Å²) in [6, 6.07) is 12.2. The molecule has 0 spiro atoms. The van der Waals surface area contributed by atoms with Crippen molar-refractivity contribution in [1.82, 2.24) is 19.6 Å². The van der Waals surface area contributed by atoms with Crippen LogP contribution in [0.25, 0.3) is 0 Å². The first kappa shape index (κ1) is 31.7. The molecule has 0 saturated heterocycles. The van der Waals surface area contributed by atoms with E-state index >= 15 is 0 Å². The zero-order valence-corrected chi connectivity index (χ0v) is 26.1. The minimum Gasteiger partial charge on any atom is -1.00 e. The number of aryl methyl sites for hydroxylation is 6. The molecule has 39 heavy (non-hydrogen) atoms. The van der Waals surface area contributed by atoms with Crippen LogP contribution in [0.15, 0.2) is 69.5 Å². The van der Waals surface area contributed by atoms with E-state index in [-0.39, 0.29) is 34.0 Å². The van der Waals surface area contributed by atoms with Crippen LogP contribution in [-0.2, 0) is 28.2 Å². The second-order valence-electron chi connectivity index (χ2n) is 8.94. The molecule has 2 aromatic carbocycles. The van der Waals surface area contributed by atoms with Crippen LogP contribution in [0, 0.1) is 13.8 Å². The molecule has 14 heteroatoms. The molecule has 0 aliphatic heterocycles. The van der Waals surface area contributed by atoms with Crippen molar-refractivity contribution in [3.63, 3.8) is 0 Å². The van der Waals surface area contributed by atoms with E-state index in [0.717, 1.165) is 53.4 Å². The fraction of sp³-hybridized carbons (Fsp3) is 0.360. The van der Waals surface area contributed by atoms with Gasteiger partial charge in [0.1, 0.15) is 11.4 Å². The van der Waals surface area contributed by atoms with Crippen LogP contribution in [0.2, 0.25) is 0 Å². The minimum absolute atomic E-state index is 0. The van der Waals surface area contributed by atoms with E-state index in [1.807, 2.05) is 75.4 Å². The summed E-state index contributed by atoms with van der Waals surface area (Å²) in [5.41, 5.74) is 5.91. The second-order valence-corrected chi connectivity index (χ2v) is 8.94. The normalized spacial score (nSPS) is 11.0. The van der Waals surface area contributed by atoms with Crippen LogP contribution in [-0.4, -0.2) is 32.7 Å². The van der Waals surface area contributed by atoms with Crippen molar-refractivity contribution < 1.29 is 43.1 Å². The highest BCUT2D eigenvalue weighted by Crippen LogP contribution is 2.25. The van der Waals surface area contributed by atoms with Crippen molar-refractivity contribution in [2.75, 3.05) is 23.7 Å². The van der Waals surface area contributed by atoms with Crippen LogP contribution < -0.4 is 53.7 Å². The number of rotatable bonds is 10. The predicted molar refractivity (Wildman–Crippen MR) is 141 cm³/mol. The summed E-state index contributed by atoms with van der Waals surface area (Å²) in [5, 5.41) is 32.7.